The third-order valence-electron chi connectivity index (χ3n) is 2.76. The van der Waals surface area contributed by atoms with Gasteiger partial charge in [0.15, 0.2) is 0 Å². The van der Waals surface area contributed by atoms with Crippen LogP contribution < -0.4 is 0 Å². The van der Waals surface area contributed by atoms with Crippen molar-refractivity contribution in [2.45, 2.75) is 6.92 Å². The van der Waals surface area contributed by atoms with E-state index in [-0.39, 0.29) is 27.4 Å². The quantitative estimate of drug-likeness (QED) is 0.370. The lowest BCUT2D eigenvalue weighted by molar-refractivity contribution is -0.385. The maximum Gasteiger partial charge on any atom is 0.271 e. The van der Waals surface area contributed by atoms with Crippen LogP contribution in [0.2, 0.25) is 0 Å². The first kappa shape index (κ1) is 15.9. The molecule has 1 fully saturated rings. The van der Waals surface area contributed by atoms with Gasteiger partial charge in [0, 0.05) is 24.2 Å². The second kappa shape index (κ2) is 6.12. The molecule has 1 aliphatic heterocycles. The second-order valence-corrected chi connectivity index (χ2v) is 6.58. The lowest BCUT2D eigenvalue weighted by atomic mass is 10.1. The molecule has 110 valence electrons. The molecule has 0 saturated carbocycles. The summed E-state index contributed by atoms with van der Waals surface area (Å²) < 4.78 is 0.617. The Balaban J connectivity index is 2.48. The highest BCUT2D eigenvalue weighted by atomic mass is 79.9. The highest BCUT2D eigenvalue weighted by Crippen LogP contribution is 2.37. The van der Waals surface area contributed by atoms with Crippen LogP contribution >= 0.6 is 39.9 Å². The van der Waals surface area contributed by atoms with Crippen molar-refractivity contribution in [3.8, 4) is 5.75 Å². The molecule has 9 heteroatoms. The van der Waals surface area contributed by atoms with Crippen LogP contribution in [-0.4, -0.2) is 31.7 Å². The van der Waals surface area contributed by atoms with Gasteiger partial charge in [0.1, 0.15) is 10.1 Å². The summed E-state index contributed by atoms with van der Waals surface area (Å²) in [5, 5.41) is 20.8. The molecule has 0 aromatic heterocycles. The van der Waals surface area contributed by atoms with Gasteiger partial charge in [-0.2, -0.15) is 0 Å². The molecule has 0 aliphatic carbocycles. The number of phenols is 1. The van der Waals surface area contributed by atoms with E-state index in [1.807, 2.05) is 0 Å². The molecule has 0 spiro atoms. The summed E-state index contributed by atoms with van der Waals surface area (Å²) in [4.78, 5) is 24.1. The summed E-state index contributed by atoms with van der Waals surface area (Å²) in [7, 11) is 0. The molecule has 1 saturated heterocycles. The zero-order valence-electron chi connectivity index (χ0n) is 10.7. The number of non-ortho nitro benzene ring substituents is 1. The van der Waals surface area contributed by atoms with Gasteiger partial charge in [0.2, 0.25) is 0 Å². The van der Waals surface area contributed by atoms with Gasteiger partial charge < -0.3 is 5.11 Å². The third kappa shape index (κ3) is 3.09. The number of thiocarbonyl (C=S) groups is 1. The number of amides is 1. The number of nitro benzene ring substituents is 1. The van der Waals surface area contributed by atoms with Crippen LogP contribution in [0.5, 0.6) is 5.75 Å². The first-order valence-electron chi connectivity index (χ1n) is 5.77. The monoisotopic (exact) mass is 388 g/mol. The summed E-state index contributed by atoms with van der Waals surface area (Å²) in [5.74, 6) is -0.433. The number of carbonyl (C=O) groups excluding carboxylic acids is 1. The van der Waals surface area contributed by atoms with Gasteiger partial charge in [-0.25, -0.2) is 0 Å². The van der Waals surface area contributed by atoms with Crippen LogP contribution in [0.1, 0.15) is 12.5 Å². The van der Waals surface area contributed by atoms with E-state index in [1.165, 1.54) is 23.1 Å². The number of halogens is 1. The van der Waals surface area contributed by atoms with Gasteiger partial charge in [0.05, 0.1) is 14.3 Å². The van der Waals surface area contributed by atoms with Crippen molar-refractivity contribution < 1.29 is 14.8 Å². The maximum atomic E-state index is 12.1. The first-order chi connectivity index (χ1) is 9.85. The van der Waals surface area contributed by atoms with E-state index in [4.69, 9.17) is 12.2 Å². The summed E-state index contributed by atoms with van der Waals surface area (Å²) in [6.07, 6.45) is 1.40. The summed E-state index contributed by atoms with van der Waals surface area (Å²) in [6.45, 7) is 2.25. The van der Waals surface area contributed by atoms with Crippen LogP contribution in [0.3, 0.4) is 0 Å². The molecule has 1 aromatic carbocycles. The van der Waals surface area contributed by atoms with E-state index in [1.54, 1.807) is 6.92 Å². The van der Waals surface area contributed by atoms with Gasteiger partial charge in [-0.15, -0.1) is 0 Å². The Morgan fingerprint density at radius 2 is 2.24 bits per heavy atom. The van der Waals surface area contributed by atoms with Crippen LogP contribution in [0, 0.1) is 10.1 Å². The Bertz CT molecular complexity index is 690. The number of aromatic hydroxyl groups is 1. The van der Waals surface area contributed by atoms with E-state index < -0.39 is 4.92 Å². The number of hydrogen-bond donors (Lipinski definition) is 1. The Hall–Kier alpha value is -1.45. The molecule has 1 N–H and O–H groups in total. The minimum Gasteiger partial charge on any atom is -0.506 e. The molecule has 0 atom stereocenters. The normalized spacial score (nSPS) is 16.9. The molecular weight excluding hydrogens is 380 g/mol. The molecule has 0 unspecified atom stereocenters. The zero-order chi connectivity index (χ0) is 15.7. The number of hydrogen-bond acceptors (Lipinski definition) is 6. The van der Waals surface area contributed by atoms with Crippen molar-refractivity contribution in [2.24, 2.45) is 0 Å². The highest BCUT2D eigenvalue weighted by molar-refractivity contribution is 9.10. The maximum absolute atomic E-state index is 12.1. The molecule has 2 rings (SSSR count). The van der Waals surface area contributed by atoms with Crippen LogP contribution in [-0.2, 0) is 4.79 Å². The average molecular weight is 389 g/mol. The van der Waals surface area contributed by atoms with E-state index in [0.717, 1.165) is 11.8 Å². The Labute approximate surface area is 138 Å². The van der Waals surface area contributed by atoms with E-state index in [2.05, 4.69) is 15.9 Å². The fourth-order valence-electron chi connectivity index (χ4n) is 1.73. The number of phenolic OH excluding ortho intramolecular Hbond substituents is 1. The SMILES string of the molecule is CCN1C(=O)/C(=C\c2cc([N+](=O)[O-])cc(Br)c2O)SC1=S. The smallest absolute Gasteiger partial charge is 0.271 e. The van der Waals surface area contributed by atoms with Crippen molar-refractivity contribution in [2.75, 3.05) is 6.54 Å². The number of likely N-dealkylation sites (N-methyl/N-ethyl adjacent to an activating group) is 1. The van der Waals surface area contributed by atoms with Gasteiger partial charge in [-0.05, 0) is 28.9 Å². The third-order valence-corrected chi connectivity index (χ3v) is 4.75. The Kier molecular flexibility index (Phi) is 4.64. The minimum absolute atomic E-state index is 0.164. The number of nitro groups is 1. The number of carbonyl (C=O) groups is 1. The van der Waals surface area contributed by atoms with E-state index in [9.17, 15) is 20.0 Å². The standard InChI is InChI=1S/C12H9BrN2O4S2/c1-2-14-11(17)9(21-12(14)20)4-6-3-7(15(18)19)5-8(13)10(6)16/h3-5,16H,2H2,1H3/b9-4+. The lowest BCUT2D eigenvalue weighted by Gasteiger charge is -2.09. The average Bonchev–Trinajstić information content (AvgIpc) is 2.68. The lowest BCUT2D eigenvalue weighted by Crippen LogP contribution is -2.27. The minimum atomic E-state index is -0.571. The molecular formula is C12H9BrN2O4S2. The van der Waals surface area contributed by atoms with Gasteiger partial charge in [-0.1, -0.05) is 24.0 Å². The van der Waals surface area contributed by atoms with Crippen LogP contribution in [0.4, 0.5) is 5.69 Å². The van der Waals surface area contributed by atoms with E-state index in [0.29, 0.717) is 15.8 Å². The summed E-state index contributed by atoms with van der Waals surface area (Å²) >= 11 is 9.24. The molecule has 21 heavy (non-hydrogen) atoms. The van der Waals surface area contributed by atoms with Crippen molar-refractivity contribution >= 4 is 61.9 Å². The van der Waals surface area contributed by atoms with Gasteiger partial charge in [0.25, 0.3) is 11.6 Å². The first-order valence-corrected chi connectivity index (χ1v) is 7.79. The Morgan fingerprint density at radius 3 is 2.76 bits per heavy atom. The molecule has 6 nitrogen and oxygen atoms in total. The second-order valence-electron chi connectivity index (χ2n) is 4.05. The van der Waals surface area contributed by atoms with Crippen LogP contribution in [0.15, 0.2) is 21.5 Å². The number of thioether (sulfide) groups is 1. The number of rotatable bonds is 3. The summed E-state index contributed by atoms with van der Waals surface area (Å²) in [6, 6.07) is 2.41. The van der Waals surface area contributed by atoms with Crippen molar-refractivity contribution in [3.63, 3.8) is 0 Å². The van der Waals surface area contributed by atoms with Gasteiger partial charge in [-0.3, -0.25) is 19.8 Å². The van der Waals surface area contributed by atoms with E-state index >= 15 is 0 Å². The predicted molar refractivity (Wildman–Crippen MR) is 88.0 cm³/mol. The zero-order valence-corrected chi connectivity index (χ0v) is 13.9. The molecule has 1 heterocycles. The Morgan fingerprint density at radius 1 is 1.57 bits per heavy atom. The fraction of sp³-hybridized carbons (Fsp3) is 0.167. The topological polar surface area (TPSA) is 83.7 Å². The highest BCUT2D eigenvalue weighted by Gasteiger charge is 2.31. The molecule has 1 aliphatic rings. The molecule has 0 radical (unpaired) electrons. The molecule has 1 amide bonds. The number of nitrogens with zero attached hydrogens (tertiary/aromatic N) is 2. The molecule has 1 aromatic rings. The predicted octanol–water partition coefficient (Wildman–Crippen LogP) is 3.28. The largest absolute Gasteiger partial charge is 0.506 e. The van der Waals surface area contributed by atoms with Crippen molar-refractivity contribution in [1.29, 1.82) is 0 Å². The van der Waals surface area contributed by atoms with Crippen LogP contribution in [0.25, 0.3) is 6.08 Å². The van der Waals surface area contributed by atoms with Crippen molar-refractivity contribution in [3.05, 3.63) is 37.2 Å². The fourth-order valence-corrected chi connectivity index (χ4v) is 3.57. The summed E-state index contributed by atoms with van der Waals surface area (Å²) in [5.41, 5.74) is 0.00423. The molecule has 0 bridgehead atoms. The van der Waals surface area contributed by atoms with Crippen molar-refractivity contribution in [1.82, 2.24) is 4.90 Å². The van der Waals surface area contributed by atoms with Gasteiger partial charge >= 0.3 is 0 Å². The number of benzene rings is 1.